The quantitative estimate of drug-likeness (QED) is 0.260. The Morgan fingerprint density at radius 1 is 1.19 bits per heavy atom. The minimum atomic E-state index is -0.702. The highest BCUT2D eigenvalue weighted by Crippen LogP contribution is 2.18. The van der Waals surface area contributed by atoms with Gasteiger partial charge in [0, 0.05) is 15.5 Å². The normalized spacial score (nSPS) is 9.71. The second-order valence-electron chi connectivity index (χ2n) is 4.10. The molecule has 1 aromatic carbocycles. The fourth-order valence-corrected chi connectivity index (χ4v) is 2.20. The van der Waals surface area contributed by atoms with E-state index in [-0.39, 0.29) is 18.8 Å². The number of rotatable bonds is 6. The predicted octanol–water partition coefficient (Wildman–Crippen LogP) is 3.02. The van der Waals surface area contributed by atoms with Crippen molar-refractivity contribution < 1.29 is 19.1 Å². The second kappa shape index (κ2) is 8.66. The topological polar surface area (TPSA) is 64.6 Å². The summed E-state index contributed by atoms with van der Waals surface area (Å²) >= 11 is 2.22. The molecule has 0 saturated carbocycles. The molecule has 0 amide bonds. The van der Waals surface area contributed by atoms with Crippen LogP contribution in [-0.4, -0.2) is 25.2 Å². The molecule has 0 bridgehead atoms. The Morgan fingerprint density at radius 3 is 2.24 bits per heavy atom. The minimum absolute atomic E-state index is 0.156. The summed E-state index contributed by atoms with van der Waals surface area (Å²) in [6, 6.07) is 5.80. The molecule has 1 aromatic rings. The van der Waals surface area contributed by atoms with Gasteiger partial charge >= 0.3 is 11.9 Å². The van der Waals surface area contributed by atoms with Crippen molar-refractivity contribution in [3.8, 4) is 0 Å². The van der Waals surface area contributed by atoms with Gasteiger partial charge in [-0.1, -0.05) is 0 Å². The number of carbonyl (C=O) groups is 2. The number of esters is 2. The monoisotopic (exact) mass is 403 g/mol. The lowest BCUT2D eigenvalue weighted by Gasteiger charge is -2.09. The van der Waals surface area contributed by atoms with Crippen molar-refractivity contribution in [2.24, 2.45) is 0 Å². The summed E-state index contributed by atoms with van der Waals surface area (Å²) in [6.45, 7) is 5.68. The van der Waals surface area contributed by atoms with E-state index in [4.69, 9.17) is 9.47 Å². The first-order valence-corrected chi connectivity index (χ1v) is 7.64. The fourth-order valence-electron chi connectivity index (χ4n) is 1.56. The van der Waals surface area contributed by atoms with Crippen LogP contribution in [0.2, 0.25) is 0 Å². The molecule has 0 heterocycles. The van der Waals surface area contributed by atoms with E-state index >= 15 is 0 Å². The molecule has 0 atom stereocenters. The van der Waals surface area contributed by atoms with Gasteiger partial charge in [-0.05, 0) is 67.1 Å². The van der Waals surface area contributed by atoms with Crippen LogP contribution in [0.4, 0.5) is 5.69 Å². The first kappa shape index (κ1) is 17.5. The molecule has 1 N–H and O–H groups in total. The van der Waals surface area contributed by atoms with Crippen molar-refractivity contribution in [2.75, 3.05) is 18.5 Å². The summed E-state index contributed by atoms with van der Waals surface area (Å²) in [4.78, 5) is 23.6. The number of carbonyl (C=O) groups excluding carboxylic acids is 2. The zero-order valence-corrected chi connectivity index (χ0v) is 14.4. The first-order chi connectivity index (χ1) is 9.99. The number of aryl methyl sites for hydroxylation is 1. The lowest BCUT2D eigenvalue weighted by Crippen LogP contribution is -2.19. The Hall–Kier alpha value is -1.57. The molecule has 0 aromatic heterocycles. The highest BCUT2D eigenvalue weighted by atomic mass is 127. The lowest BCUT2D eigenvalue weighted by molar-refractivity contribution is -0.146. The maximum absolute atomic E-state index is 11.8. The average molecular weight is 403 g/mol. The molecule has 0 radical (unpaired) electrons. The van der Waals surface area contributed by atoms with Gasteiger partial charge in [-0.3, -0.25) is 0 Å². The van der Waals surface area contributed by atoms with Gasteiger partial charge in [0.05, 0.1) is 13.2 Å². The van der Waals surface area contributed by atoms with Crippen molar-refractivity contribution >= 4 is 40.2 Å². The van der Waals surface area contributed by atoms with Gasteiger partial charge in [-0.15, -0.1) is 0 Å². The lowest BCUT2D eigenvalue weighted by atomic mass is 10.2. The maximum atomic E-state index is 11.8. The van der Waals surface area contributed by atoms with E-state index in [9.17, 15) is 9.59 Å². The van der Waals surface area contributed by atoms with Gasteiger partial charge in [0.15, 0.2) is 5.57 Å². The Kier molecular flexibility index (Phi) is 7.21. The van der Waals surface area contributed by atoms with E-state index in [1.54, 1.807) is 13.8 Å². The number of hydrogen-bond acceptors (Lipinski definition) is 5. The molecule has 0 unspecified atom stereocenters. The number of nitrogens with one attached hydrogen (secondary N) is 1. The van der Waals surface area contributed by atoms with E-state index < -0.39 is 11.9 Å². The van der Waals surface area contributed by atoms with Crippen LogP contribution in [0.15, 0.2) is 30.0 Å². The van der Waals surface area contributed by atoms with E-state index in [0.29, 0.717) is 0 Å². The van der Waals surface area contributed by atoms with Crippen LogP contribution in [0.25, 0.3) is 0 Å². The van der Waals surface area contributed by atoms with Gasteiger partial charge in [-0.2, -0.15) is 0 Å². The molecular formula is C15H18INO4. The fraction of sp³-hybridized carbons (Fsp3) is 0.333. The molecule has 1 rings (SSSR count). The van der Waals surface area contributed by atoms with Crippen LogP contribution >= 0.6 is 22.6 Å². The van der Waals surface area contributed by atoms with Gasteiger partial charge in [0.2, 0.25) is 0 Å². The Bertz CT molecular complexity index is 535. The van der Waals surface area contributed by atoms with E-state index in [2.05, 4.69) is 27.9 Å². The van der Waals surface area contributed by atoms with Crippen LogP contribution in [0.5, 0.6) is 0 Å². The molecule has 0 aliphatic heterocycles. The van der Waals surface area contributed by atoms with Gasteiger partial charge in [0.25, 0.3) is 0 Å². The van der Waals surface area contributed by atoms with Crippen molar-refractivity contribution in [2.45, 2.75) is 20.8 Å². The van der Waals surface area contributed by atoms with Crippen LogP contribution in [0, 0.1) is 10.5 Å². The van der Waals surface area contributed by atoms with Crippen molar-refractivity contribution in [1.82, 2.24) is 0 Å². The third-order valence-corrected chi connectivity index (χ3v) is 3.22. The summed E-state index contributed by atoms with van der Waals surface area (Å²) in [5, 5.41) is 2.95. The highest BCUT2D eigenvalue weighted by Gasteiger charge is 2.20. The summed E-state index contributed by atoms with van der Waals surface area (Å²) in [5.41, 5.74) is 1.66. The molecule has 0 saturated heterocycles. The number of halogens is 1. The van der Waals surface area contributed by atoms with Gasteiger partial charge in [0.1, 0.15) is 0 Å². The highest BCUT2D eigenvalue weighted by molar-refractivity contribution is 14.1. The third kappa shape index (κ3) is 5.37. The second-order valence-corrected chi connectivity index (χ2v) is 5.35. The molecule has 5 nitrogen and oxygen atoms in total. The molecule has 0 aliphatic carbocycles. The molecule has 0 fully saturated rings. The number of benzene rings is 1. The molecule has 6 heteroatoms. The Morgan fingerprint density at radius 2 is 1.76 bits per heavy atom. The van der Waals surface area contributed by atoms with E-state index in [1.165, 1.54) is 6.20 Å². The zero-order chi connectivity index (χ0) is 15.8. The number of ether oxygens (including phenoxy) is 2. The minimum Gasteiger partial charge on any atom is -0.462 e. The third-order valence-electron chi connectivity index (χ3n) is 2.55. The summed E-state index contributed by atoms with van der Waals surface area (Å²) < 4.78 is 10.8. The zero-order valence-electron chi connectivity index (χ0n) is 12.2. The average Bonchev–Trinajstić information content (AvgIpc) is 2.41. The molecule has 21 heavy (non-hydrogen) atoms. The molecular weight excluding hydrogens is 385 g/mol. The van der Waals surface area contributed by atoms with Crippen LogP contribution in [0.3, 0.4) is 0 Å². The van der Waals surface area contributed by atoms with Crippen molar-refractivity contribution in [3.05, 3.63) is 39.1 Å². The summed E-state index contributed by atoms with van der Waals surface area (Å²) in [7, 11) is 0. The van der Waals surface area contributed by atoms with E-state index in [1.807, 2.05) is 25.1 Å². The first-order valence-electron chi connectivity index (χ1n) is 6.56. The Labute approximate surface area is 137 Å². The van der Waals surface area contributed by atoms with Crippen LogP contribution in [-0.2, 0) is 19.1 Å². The van der Waals surface area contributed by atoms with Crippen molar-refractivity contribution in [3.63, 3.8) is 0 Å². The van der Waals surface area contributed by atoms with Gasteiger partial charge in [-0.25, -0.2) is 9.59 Å². The van der Waals surface area contributed by atoms with Crippen LogP contribution in [0.1, 0.15) is 19.4 Å². The van der Waals surface area contributed by atoms with Gasteiger partial charge < -0.3 is 14.8 Å². The molecule has 114 valence electrons. The largest absolute Gasteiger partial charge is 0.462 e. The number of hydrogen-bond donors (Lipinski definition) is 1. The van der Waals surface area contributed by atoms with E-state index in [0.717, 1.165) is 14.8 Å². The maximum Gasteiger partial charge on any atom is 0.347 e. The standard InChI is InChI=1S/C15H18INO4/c1-4-20-14(18)12(15(19)21-5-2)9-17-13-7-6-11(16)8-10(13)3/h6-9,17H,4-5H2,1-3H3. The SMILES string of the molecule is CCOC(=O)C(=CNc1ccc(I)cc1C)C(=O)OCC. The van der Waals surface area contributed by atoms with Crippen molar-refractivity contribution in [1.29, 1.82) is 0 Å². The molecule has 0 spiro atoms. The number of anilines is 1. The smallest absolute Gasteiger partial charge is 0.347 e. The summed E-state index contributed by atoms with van der Waals surface area (Å²) in [5.74, 6) is -1.40. The predicted molar refractivity (Wildman–Crippen MR) is 88.9 cm³/mol. The molecule has 0 aliphatic rings. The Balaban J connectivity index is 2.96. The van der Waals surface area contributed by atoms with Crippen LogP contribution < -0.4 is 5.32 Å². The summed E-state index contributed by atoms with van der Waals surface area (Å²) in [6.07, 6.45) is 1.32.